The molecule has 1 saturated heterocycles. The second-order valence-electron chi connectivity index (χ2n) is 6.65. The summed E-state index contributed by atoms with van der Waals surface area (Å²) in [4.78, 5) is 13.6. The number of ether oxygens (including phenoxy) is 1. The summed E-state index contributed by atoms with van der Waals surface area (Å²) >= 11 is 0. The van der Waals surface area contributed by atoms with Gasteiger partial charge in [0.15, 0.2) is 11.4 Å². The van der Waals surface area contributed by atoms with Gasteiger partial charge in [0.2, 0.25) is 0 Å². The zero-order valence-corrected chi connectivity index (χ0v) is 15.1. The van der Waals surface area contributed by atoms with Crippen LogP contribution in [0.25, 0.3) is 22.1 Å². The Hall–Kier alpha value is -3.28. The van der Waals surface area contributed by atoms with E-state index in [9.17, 15) is 0 Å². The Morgan fingerprint density at radius 1 is 0.889 bits per heavy atom. The van der Waals surface area contributed by atoms with E-state index in [-0.39, 0.29) is 0 Å². The van der Waals surface area contributed by atoms with Gasteiger partial charge in [0.25, 0.3) is 0 Å². The first-order chi connectivity index (χ1) is 13.3. The largest absolute Gasteiger partial charge is 0.497 e. The molecule has 0 amide bonds. The predicted molar refractivity (Wildman–Crippen MR) is 107 cm³/mol. The van der Waals surface area contributed by atoms with Crippen molar-refractivity contribution in [1.82, 2.24) is 9.97 Å². The number of hydrogen-bond donors (Lipinski definition) is 0. The first-order valence-corrected chi connectivity index (χ1v) is 9.10. The molecule has 0 radical (unpaired) electrons. The fourth-order valence-electron chi connectivity index (χ4n) is 3.71. The lowest BCUT2D eigenvalue weighted by atomic mass is 10.2. The Kier molecular flexibility index (Phi) is 3.81. The summed E-state index contributed by atoms with van der Waals surface area (Å²) < 4.78 is 11.3. The first-order valence-electron chi connectivity index (χ1n) is 9.10. The molecular formula is C21H20N4O2. The monoisotopic (exact) mass is 360 g/mol. The van der Waals surface area contributed by atoms with Crippen LogP contribution in [0, 0.1) is 0 Å². The van der Waals surface area contributed by atoms with Crippen LogP contribution in [0.1, 0.15) is 0 Å². The number of aromatic nitrogens is 2. The van der Waals surface area contributed by atoms with Gasteiger partial charge in [0.05, 0.1) is 7.11 Å². The Balaban J connectivity index is 1.40. The number of rotatable bonds is 3. The topological polar surface area (TPSA) is 54.6 Å². The van der Waals surface area contributed by atoms with Gasteiger partial charge in [-0.2, -0.15) is 0 Å². The molecule has 136 valence electrons. The standard InChI is InChI=1S/C21H20N4O2/c1-26-16-8-6-15(7-9-16)24-10-12-25(13-11-24)21-20-19(22-14-23-21)17-4-2-3-5-18(17)27-20/h2-9,14H,10-13H2,1H3. The lowest BCUT2D eigenvalue weighted by Crippen LogP contribution is -2.46. The highest BCUT2D eigenvalue weighted by atomic mass is 16.5. The summed E-state index contributed by atoms with van der Waals surface area (Å²) in [6, 6.07) is 16.2. The molecule has 0 spiro atoms. The average Bonchev–Trinajstić information content (AvgIpc) is 3.13. The Morgan fingerprint density at radius 3 is 2.41 bits per heavy atom. The number of para-hydroxylation sites is 1. The van der Waals surface area contributed by atoms with Gasteiger partial charge in [-0.25, -0.2) is 9.97 Å². The summed E-state index contributed by atoms with van der Waals surface area (Å²) in [7, 11) is 1.69. The van der Waals surface area contributed by atoms with Crippen molar-refractivity contribution >= 4 is 33.6 Å². The van der Waals surface area contributed by atoms with Crippen molar-refractivity contribution in [3.63, 3.8) is 0 Å². The van der Waals surface area contributed by atoms with Crippen molar-refractivity contribution < 1.29 is 9.15 Å². The van der Waals surface area contributed by atoms with Crippen molar-refractivity contribution in [3.8, 4) is 5.75 Å². The van der Waals surface area contributed by atoms with Gasteiger partial charge in [-0.15, -0.1) is 0 Å². The maximum absolute atomic E-state index is 6.08. The molecule has 4 aromatic rings. The molecule has 0 atom stereocenters. The van der Waals surface area contributed by atoms with Gasteiger partial charge in [0.1, 0.15) is 23.2 Å². The normalized spacial score (nSPS) is 14.9. The molecule has 1 aliphatic heterocycles. The minimum absolute atomic E-state index is 0.775. The summed E-state index contributed by atoms with van der Waals surface area (Å²) in [5.74, 6) is 1.76. The number of methoxy groups -OCH3 is 1. The van der Waals surface area contributed by atoms with Crippen LogP contribution in [0.5, 0.6) is 5.75 Å². The highest BCUT2D eigenvalue weighted by molar-refractivity contribution is 6.05. The van der Waals surface area contributed by atoms with Crippen LogP contribution in [-0.4, -0.2) is 43.3 Å². The fraction of sp³-hybridized carbons (Fsp3) is 0.238. The number of fused-ring (bicyclic) bond motifs is 3. The molecule has 1 aliphatic rings. The third kappa shape index (κ3) is 2.73. The van der Waals surface area contributed by atoms with Crippen LogP contribution in [0.4, 0.5) is 11.5 Å². The maximum atomic E-state index is 6.08. The molecule has 2 aromatic carbocycles. The van der Waals surface area contributed by atoms with Crippen molar-refractivity contribution in [2.45, 2.75) is 0 Å². The van der Waals surface area contributed by atoms with Gasteiger partial charge in [0, 0.05) is 37.3 Å². The summed E-state index contributed by atoms with van der Waals surface area (Å²) in [5, 5.41) is 1.04. The minimum atomic E-state index is 0.775. The van der Waals surface area contributed by atoms with Crippen molar-refractivity contribution in [2.24, 2.45) is 0 Å². The van der Waals surface area contributed by atoms with Crippen LogP contribution in [-0.2, 0) is 0 Å². The van der Waals surface area contributed by atoms with E-state index in [1.807, 2.05) is 36.4 Å². The molecule has 0 bridgehead atoms. The quantitative estimate of drug-likeness (QED) is 0.555. The predicted octanol–water partition coefficient (Wildman–Crippen LogP) is 3.71. The van der Waals surface area contributed by atoms with Crippen molar-refractivity contribution in [2.75, 3.05) is 43.1 Å². The van der Waals surface area contributed by atoms with Gasteiger partial charge in [-0.3, -0.25) is 0 Å². The first kappa shape index (κ1) is 15.9. The highest BCUT2D eigenvalue weighted by Gasteiger charge is 2.22. The smallest absolute Gasteiger partial charge is 0.196 e. The Morgan fingerprint density at radius 2 is 1.63 bits per heavy atom. The highest BCUT2D eigenvalue weighted by Crippen LogP contribution is 2.32. The number of piperazine rings is 1. The minimum Gasteiger partial charge on any atom is -0.497 e. The molecule has 6 nitrogen and oxygen atoms in total. The van der Waals surface area contributed by atoms with Crippen molar-refractivity contribution in [1.29, 1.82) is 0 Å². The second kappa shape index (κ2) is 6.46. The van der Waals surface area contributed by atoms with Gasteiger partial charge < -0.3 is 19.0 Å². The molecule has 6 heteroatoms. The number of furan rings is 1. The van der Waals surface area contributed by atoms with Crippen LogP contribution in [0.15, 0.2) is 59.3 Å². The molecular weight excluding hydrogens is 340 g/mol. The van der Waals surface area contributed by atoms with E-state index < -0.39 is 0 Å². The summed E-state index contributed by atoms with van der Waals surface area (Å²) in [6.45, 7) is 3.63. The molecule has 0 N–H and O–H groups in total. The van der Waals surface area contributed by atoms with Crippen LogP contribution >= 0.6 is 0 Å². The van der Waals surface area contributed by atoms with E-state index in [1.54, 1.807) is 13.4 Å². The molecule has 0 aliphatic carbocycles. The number of hydrogen-bond acceptors (Lipinski definition) is 6. The number of anilines is 2. The molecule has 1 fully saturated rings. The van der Waals surface area contributed by atoms with Crippen LogP contribution in [0.2, 0.25) is 0 Å². The van der Waals surface area contributed by atoms with E-state index >= 15 is 0 Å². The van der Waals surface area contributed by atoms with Crippen LogP contribution in [0.3, 0.4) is 0 Å². The molecule has 5 rings (SSSR count). The molecule has 0 saturated carbocycles. The van der Waals surface area contributed by atoms with Crippen LogP contribution < -0.4 is 14.5 Å². The lowest BCUT2D eigenvalue weighted by Gasteiger charge is -2.36. The third-order valence-electron chi connectivity index (χ3n) is 5.16. The number of nitrogens with zero attached hydrogens (tertiary/aromatic N) is 4. The van der Waals surface area contributed by atoms with E-state index in [0.717, 1.165) is 59.8 Å². The zero-order chi connectivity index (χ0) is 18.2. The molecule has 0 unspecified atom stereocenters. The summed E-state index contributed by atoms with van der Waals surface area (Å²) in [5.41, 5.74) is 3.72. The maximum Gasteiger partial charge on any atom is 0.196 e. The van der Waals surface area contributed by atoms with Crippen molar-refractivity contribution in [3.05, 3.63) is 54.9 Å². The van der Waals surface area contributed by atoms with Gasteiger partial charge in [-0.1, -0.05) is 12.1 Å². The summed E-state index contributed by atoms with van der Waals surface area (Å²) in [6.07, 6.45) is 1.63. The Bertz CT molecular complexity index is 1080. The molecule has 3 heterocycles. The lowest BCUT2D eigenvalue weighted by molar-refractivity contribution is 0.415. The zero-order valence-electron chi connectivity index (χ0n) is 15.1. The van der Waals surface area contributed by atoms with E-state index in [2.05, 4.69) is 31.9 Å². The second-order valence-corrected chi connectivity index (χ2v) is 6.65. The van der Waals surface area contributed by atoms with E-state index in [1.165, 1.54) is 5.69 Å². The Labute approximate surface area is 157 Å². The van der Waals surface area contributed by atoms with Gasteiger partial charge in [-0.05, 0) is 36.4 Å². The SMILES string of the molecule is COc1ccc(N2CCN(c3ncnc4c3oc3ccccc34)CC2)cc1. The molecule has 27 heavy (non-hydrogen) atoms. The average molecular weight is 360 g/mol. The van der Waals surface area contributed by atoms with Gasteiger partial charge >= 0.3 is 0 Å². The van der Waals surface area contributed by atoms with E-state index in [4.69, 9.17) is 9.15 Å². The number of benzene rings is 2. The fourth-order valence-corrected chi connectivity index (χ4v) is 3.71. The third-order valence-corrected chi connectivity index (χ3v) is 5.16. The molecule has 2 aromatic heterocycles. The van der Waals surface area contributed by atoms with E-state index in [0.29, 0.717) is 0 Å².